The van der Waals surface area contributed by atoms with E-state index in [0.29, 0.717) is 12.0 Å². The molecule has 3 N–H and O–H groups in total. The van der Waals surface area contributed by atoms with Crippen molar-refractivity contribution in [2.75, 3.05) is 27.4 Å². The van der Waals surface area contributed by atoms with Gasteiger partial charge in [0, 0.05) is 36.3 Å². The number of benzene rings is 1. The van der Waals surface area contributed by atoms with E-state index in [4.69, 9.17) is 23.7 Å². The van der Waals surface area contributed by atoms with E-state index in [1.54, 1.807) is 0 Å². The van der Waals surface area contributed by atoms with Gasteiger partial charge in [0.05, 0.1) is 32.0 Å². The molecule has 174 valence electrons. The highest BCUT2D eigenvalue weighted by Crippen LogP contribution is 2.40. The molecule has 0 radical (unpaired) electrons. The summed E-state index contributed by atoms with van der Waals surface area (Å²) in [6.45, 7) is 1.34. The largest absolute Gasteiger partial charge is 0.497 e. The van der Waals surface area contributed by atoms with Gasteiger partial charge in [0.2, 0.25) is 6.29 Å². The number of Topliss-reactive ketones (excluding diaryl/α,β-unsaturated/α-hetero) is 2. The summed E-state index contributed by atoms with van der Waals surface area (Å²) in [6.07, 6.45) is -6.24. The van der Waals surface area contributed by atoms with Crippen LogP contribution in [0.25, 0.3) is 0 Å². The highest BCUT2D eigenvalue weighted by Gasteiger charge is 2.47. The molecule has 10 nitrogen and oxygen atoms in total. The third-order valence-electron chi connectivity index (χ3n) is 6.04. The van der Waals surface area contributed by atoms with Crippen LogP contribution in [0.1, 0.15) is 34.1 Å². The van der Waals surface area contributed by atoms with Crippen LogP contribution in [0.4, 0.5) is 0 Å². The molecular weight excluding hydrogens is 424 g/mol. The Labute approximate surface area is 184 Å². The number of rotatable bonds is 5. The van der Waals surface area contributed by atoms with Gasteiger partial charge in [-0.05, 0) is 13.0 Å². The lowest BCUT2D eigenvalue weighted by Gasteiger charge is -2.41. The van der Waals surface area contributed by atoms with Crippen LogP contribution in [-0.2, 0) is 14.2 Å². The first-order valence-corrected chi connectivity index (χ1v) is 10.3. The standard InChI is InChI=1S/C22H26O10/c1-9-4-11-13(8-30-9)18(25)16-12(17(11)24)5-10(28-2)6-14(16)31-22-20(27)19(26)21(29-3)15(7-23)32-22/h5-6,9,15,19-23,26-27H,4,7-8H2,1-3H3/t9-,15+,19+,20+,21+,22+/m0/s1. The maximum absolute atomic E-state index is 13.3. The average Bonchev–Trinajstić information content (AvgIpc) is 2.79. The first-order chi connectivity index (χ1) is 15.3. The van der Waals surface area contributed by atoms with E-state index in [0.717, 1.165) is 0 Å². The van der Waals surface area contributed by atoms with Crippen molar-refractivity contribution in [3.63, 3.8) is 0 Å². The molecule has 4 rings (SSSR count). The van der Waals surface area contributed by atoms with Gasteiger partial charge in [-0.15, -0.1) is 0 Å². The molecule has 0 amide bonds. The third-order valence-corrected chi connectivity index (χ3v) is 6.04. The number of methoxy groups -OCH3 is 2. The number of hydrogen-bond donors (Lipinski definition) is 3. The summed E-state index contributed by atoms with van der Waals surface area (Å²) in [6, 6.07) is 2.87. The van der Waals surface area contributed by atoms with E-state index in [1.165, 1.54) is 26.4 Å². The van der Waals surface area contributed by atoms with E-state index < -0.39 is 43.1 Å². The Morgan fingerprint density at radius 1 is 1.09 bits per heavy atom. The van der Waals surface area contributed by atoms with Crippen LogP contribution < -0.4 is 9.47 Å². The minimum Gasteiger partial charge on any atom is -0.497 e. The van der Waals surface area contributed by atoms with Crippen LogP contribution >= 0.6 is 0 Å². The Kier molecular flexibility index (Phi) is 6.35. The number of ether oxygens (including phenoxy) is 5. The second-order valence-electron chi connectivity index (χ2n) is 8.01. The van der Waals surface area contributed by atoms with Crippen LogP contribution in [0, 0.1) is 0 Å². The number of fused-ring (bicyclic) bond motifs is 1. The molecule has 1 saturated heterocycles. The molecule has 2 heterocycles. The minimum atomic E-state index is -1.55. The molecule has 1 aliphatic carbocycles. The molecule has 1 fully saturated rings. The highest BCUT2D eigenvalue weighted by molar-refractivity contribution is 6.28. The molecule has 0 spiro atoms. The van der Waals surface area contributed by atoms with E-state index >= 15 is 0 Å². The zero-order chi connectivity index (χ0) is 23.2. The fourth-order valence-electron chi connectivity index (χ4n) is 4.31. The van der Waals surface area contributed by atoms with Crippen LogP contribution in [0.2, 0.25) is 0 Å². The van der Waals surface area contributed by atoms with Crippen molar-refractivity contribution in [3.05, 3.63) is 34.4 Å². The Bertz CT molecular complexity index is 952. The molecule has 3 aliphatic rings. The summed E-state index contributed by atoms with van der Waals surface area (Å²) < 4.78 is 27.4. The van der Waals surface area contributed by atoms with Gasteiger partial charge in [-0.1, -0.05) is 0 Å². The molecule has 0 aromatic heterocycles. The second kappa shape index (κ2) is 8.89. The summed E-state index contributed by atoms with van der Waals surface area (Å²) in [7, 11) is 2.72. The van der Waals surface area contributed by atoms with Crippen molar-refractivity contribution in [3.8, 4) is 11.5 Å². The Balaban J connectivity index is 1.73. The van der Waals surface area contributed by atoms with Crippen molar-refractivity contribution in [2.24, 2.45) is 0 Å². The van der Waals surface area contributed by atoms with Crippen molar-refractivity contribution >= 4 is 11.6 Å². The summed E-state index contributed by atoms with van der Waals surface area (Å²) in [4.78, 5) is 26.5. The fourth-order valence-corrected chi connectivity index (χ4v) is 4.31. The van der Waals surface area contributed by atoms with Gasteiger partial charge in [-0.2, -0.15) is 0 Å². The number of carbonyl (C=O) groups is 2. The van der Waals surface area contributed by atoms with Gasteiger partial charge in [0.1, 0.15) is 35.9 Å². The summed E-state index contributed by atoms with van der Waals surface area (Å²) >= 11 is 0. The molecule has 0 bridgehead atoms. The quantitative estimate of drug-likeness (QED) is 0.562. The topological polar surface area (TPSA) is 141 Å². The van der Waals surface area contributed by atoms with E-state index in [2.05, 4.69) is 0 Å². The van der Waals surface area contributed by atoms with Gasteiger partial charge >= 0.3 is 0 Å². The zero-order valence-electron chi connectivity index (χ0n) is 17.9. The maximum atomic E-state index is 13.3. The Morgan fingerprint density at radius 3 is 2.50 bits per heavy atom. The fraction of sp³-hybridized carbons (Fsp3) is 0.545. The molecule has 2 aliphatic heterocycles. The summed E-state index contributed by atoms with van der Waals surface area (Å²) in [5.41, 5.74) is 0.811. The SMILES string of the molecule is COc1cc(O[C@@H]2O[C@H](CO)[C@@H](OC)[C@H](O)[C@H]2O)c2c(c1)C(=O)C1=C(CO[C@@H](C)C1)C2=O. The Morgan fingerprint density at radius 2 is 1.84 bits per heavy atom. The van der Waals surface area contributed by atoms with E-state index in [1.807, 2.05) is 6.92 Å². The van der Waals surface area contributed by atoms with Crippen molar-refractivity contribution < 1.29 is 48.6 Å². The van der Waals surface area contributed by atoms with Crippen molar-refractivity contribution in [2.45, 2.75) is 50.2 Å². The monoisotopic (exact) mass is 450 g/mol. The number of aliphatic hydroxyl groups is 3. The van der Waals surface area contributed by atoms with Crippen LogP contribution in [-0.4, -0.2) is 91.1 Å². The van der Waals surface area contributed by atoms with Gasteiger partial charge in [-0.3, -0.25) is 9.59 Å². The number of aliphatic hydroxyl groups excluding tert-OH is 3. The van der Waals surface area contributed by atoms with Gasteiger partial charge < -0.3 is 39.0 Å². The average molecular weight is 450 g/mol. The molecular formula is C22H26O10. The maximum Gasteiger partial charge on any atom is 0.229 e. The lowest BCUT2D eigenvalue weighted by Crippen LogP contribution is -2.60. The highest BCUT2D eigenvalue weighted by atomic mass is 16.7. The van der Waals surface area contributed by atoms with Crippen LogP contribution in [0.5, 0.6) is 11.5 Å². The number of ketones is 2. The summed E-state index contributed by atoms with van der Waals surface area (Å²) in [5, 5.41) is 30.5. The zero-order valence-corrected chi connectivity index (χ0v) is 17.9. The molecule has 1 aromatic rings. The van der Waals surface area contributed by atoms with Crippen molar-refractivity contribution in [1.29, 1.82) is 0 Å². The smallest absolute Gasteiger partial charge is 0.229 e. The predicted octanol–water partition coefficient (Wildman–Crippen LogP) is 0.0124. The molecule has 1 aromatic carbocycles. The summed E-state index contributed by atoms with van der Waals surface area (Å²) in [5.74, 6) is -0.514. The number of hydrogen-bond acceptors (Lipinski definition) is 10. The first-order valence-electron chi connectivity index (χ1n) is 10.3. The second-order valence-corrected chi connectivity index (χ2v) is 8.01. The minimum absolute atomic E-state index is 0.00686. The molecule has 10 heteroatoms. The normalized spacial score (nSPS) is 32.4. The molecule has 0 saturated carbocycles. The van der Waals surface area contributed by atoms with Crippen molar-refractivity contribution in [1.82, 2.24) is 0 Å². The lowest BCUT2D eigenvalue weighted by atomic mass is 9.80. The third kappa shape index (κ3) is 3.72. The predicted molar refractivity (Wildman–Crippen MR) is 108 cm³/mol. The number of carbonyl (C=O) groups excluding carboxylic acids is 2. The van der Waals surface area contributed by atoms with Crippen LogP contribution in [0.3, 0.4) is 0 Å². The van der Waals surface area contributed by atoms with Gasteiger partial charge in [-0.25, -0.2) is 0 Å². The van der Waals surface area contributed by atoms with Gasteiger partial charge in [0.15, 0.2) is 11.6 Å². The molecule has 6 atom stereocenters. The molecule has 0 unspecified atom stereocenters. The first kappa shape index (κ1) is 22.8. The molecule has 32 heavy (non-hydrogen) atoms. The van der Waals surface area contributed by atoms with E-state index in [-0.39, 0.29) is 46.7 Å². The Hall–Kier alpha value is -2.34. The lowest BCUT2D eigenvalue weighted by molar-refractivity contribution is -0.281. The van der Waals surface area contributed by atoms with Crippen LogP contribution in [0.15, 0.2) is 23.3 Å². The van der Waals surface area contributed by atoms with E-state index in [9.17, 15) is 24.9 Å². The van der Waals surface area contributed by atoms with Gasteiger partial charge in [0.25, 0.3) is 0 Å².